The van der Waals surface area contributed by atoms with Crippen molar-refractivity contribution in [3.8, 4) is 0 Å². The Morgan fingerprint density at radius 3 is 2.89 bits per heavy atom. The van der Waals surface area contributed by atoms with Crippen LogP contribution in [0.2, 0.25) is 5.02 Å². The second-order valence-corrected chi connectivity index (χ2v) is 8.15. The molecule has 1 aromatic heterocycles. The van der Waals surface area contributed by atoms with Gasteiger partial charge in [0.05, 0.1) is 11.8 Å². The van der Waals surface area contributed by atoms with Crippen LogP contribution in [0.5, 0.6) is 0 Å². The van der Waals surface area contributed by atoms with Crippen LogP contribution in [0.1, 0.15) is 17.5 Å². The molecule has 5 heteroatoms. The van der Waals surface area contributed by atoms with Crippen molar-refractivity contribution in [3.05, 3.63) is 77.0 Å². The largest absolute Gasteiger partial charge is 0.361 e. The average Bonchev–Trinajstić information content (AvgIpc) is 3.11. The predicted octanol–water partition coefficient (Wildman–Crippen LogP) is 5.07. The van der Waals surface area contributed by atoms with Crippen LogP contribution in [-0.2, 0) is 10.5 Å². The van der Waals surface area contributed by atoms with Gasteiger partial charge in [-0.15, -0.1) is 11.8 Å². The summed E-state index contributed by atoms with van der Waals surface area (Å²) in [5.41, 5.74) is 4.73. The number of hydrogen-bond acceptors (Lipinski definition) is 3. The summed E-state index contributed by atoms with van der Waals surface area (Å²) in [5.74, 6) is 1.56. The number of thioether (sulfide) groups is 1. The highest BCUT2D eigenvalue weighted by Gasteiger charge is 2.22. The molecule has 138 valence electrons. The minimum absolute atomic E-state index is 0.102. The number of aromatic amines is 1. The molecule has 2 heterocycles. The van der Waals surface area contributed by atoms with E-state index in [1.807, 2.05) is 42.6 Å². The van der Waals surface area contributed by atoms with Crippen LogP contribution in [-0.4, -0.2) is 29.1 Å². The number of halogens is 1. The highest BCUT2D eigenvalue weighted by Crippen LogP contribution is 2.27. The summed E-state index contributed by atoms with van der Waals surface area (Å²) >= 11 is 7.77. The topological polar surface area (TPSA) is 44.9 Å². The number of carbonyl (C=O) groups excluding carboxylic acids is 1. The van der Waals surface area contributed by atoms with Crippen molar-refractivity contribution in [2.75, 3.05) is 12.3 Å². The maximum Gasteiger partial charge on any atom is 0.159 e. The molecule has 0 amide bonds. The van der Waals surface area contributed by atoms with E-state index in [2.05, 4.69) is 28.5 Å². The van der Waals surface area contributed by atoms with Crippen molar-refractivity contribution in [1.82, 2.24) is 10.3 Å². The molecule has 0 fully saturated rings. The highest BCUT2D eigenvalue weighted by molar-refractivity contribution is 7.99. The zero-order valence-electron chi connectivity index (χ0n) is 14.9. The number of ketones is 1. The molecule has 1 aliphatic heterocycles. The standard InChI is InChI=1S/C22H21ClN2OS/c23-18-6-7-20-19(11-18)17(12-25-20)13-27-14-22(26)21-10-16(8-9-24-21)15-4-2-1-3-5-15/h1-8,11-12,21,24-25H,9-10,13-14H2. The molecule has 0 spiro atoms. The summed E-state index contributed by atoms with van der Waals surface area (Å²) in [6.07, 6.45) is 4.95. The van der Waals surface area contributed by atoms with Gasteiger partial charge in [0.25, 0.3) is 0 Å². The smallest absolute Gasteiger partial charge is 0.159 e. The fourth-order valence-electron chi connectivity index (χ4n) is 3.45. The molecule has 3 nitrogen and oxygen atoms in total. The lowest BCUT2D eigenvalue weighted by Crippen LogP contribution is -2.40. The van der Waals surface area contributed by atoms with Gasteiger partial charge in [0.15, 0.2) is 5.78 Å². The number of aromatic nitrogens is 1. The number of benzene rings is 2. The normalized spacial score (nSPS) is 17.1. The summed E-state index contributed by atoms with van der Waals surface area (Å²) < 4.78 is 0. The summed E-state index contributed by atoms with van der Waals surface area (Å²) in [5, 5.41) is 5.20. The van der Waals surface area contributed by atoms with Crippen LogP contribution in [0.3, 0.4) is 0 Å². The molecule has 0 aliphatic carbocycles. The number of fused-ring (bicyclic) bond motifs is 1. The SMILES string of the molecule is O=C(CSCc1c[nH]c2ccc(Cl)cc12)C1CC(c2ccccc2)=CCN1. The minimum Gasteiger partial charge on any atom is -0.361 e. The predicted molar refractivity (Wildman–Crippen MR) is 115 cm³/mol. The molecular formula is C22H21ClN2OS. The maximum absolute atomic E-state index is 12.7. The van der Waals surface area contributed by atoms with E-state index >= 15 is 0 Å². The van der Waals surface area contributed by atoms with Crippen LogP contribution in [0.4, 0.5) is 0 Å². The Morgan fingerprint density at radius 1 is 1.19 bits per heavy atom. The van der Waals surface area contributed by atoms with Gasteiger partial charge in [-0.25, -0.2) is 0 Å². The van der Waals surface area contributed by atoms with E-state index in [4.69, 9.17) is 11.6 Å². The fourth-order valence-corrected chi connectivity index (χ4v) is 4.58. The van der Waals surface area contributed by atoms with E-state index in [1.54, 1.807) is 11.8 Å². The average molecular weight is 397 g/mol. The molecule has 3 aromatic rings. The van der Waals surface area contributed by atoms with Gasteiger partial charge >= 0.3 is 0 Å². The lowest BCUT2D eigenvalue weighted by Gasteiger charge is -2.23. The molecule has 0 bridgehead atoms. The van der Waals surface area contributed by atoms with Crippen LogP contribution >= 0.6 is 23.4 Å². The lowest BCUT2D eigenvalue weighted by atomic mass is 9.94. The molecule has 1 atom stereocenters. The van der Waals surface area contributed by atoms with Crippen molar-refractivity contribution in [2.24, 2.45) is 0 Å². The van der Waals surface area contributed by atoms with Crippen LogP contribution < -0.4 is 5.32 Å². The molecule has 27 heavy (non-hydrogen) atoms. The van der Waals surface area contributed by atoms with Crippen molar-refractivity contribution in [1.29, 1.82) is 0 Å². The summed E-state index contributed by atoms with van der Waals surface area (Å²) in [6.45, 7) is 0.742. The number of rotatable bonds is 6. The first-order chi connectivity index (χ1) is 13.2. The maximum atomic E-state index is 12.7. The molecule has 2 N–H and O–H groups in total. The Bertz CT molecular complexity index is 980. The number of carbonyl (C=O) groups is 1. The van der Waals surface area contributed by atoms with Gasteiger partial charge in [-0.2, -0.15) is 0 Å². The Labute approximate surface area is 168 Å². The van der Waals surface area contributed by atoms with Gasteiger partial charge in [-0.3, -0.25) is 4.79 Å². The van der Waals surface area contributed by atoms with E-state index in [0.29, 0.717) is 5.75 Å². The summed E-state index contributed by atoms with van der Waals surface area (Å²) in [7, 11) is 0. The molecule has 1 unspecified atom stereocenters. The Morgan fingerprint density at radius 2 is 2.04 bits per heavy atom. The Balaban J connectivity index is 1.34. The first kappa shape index (κ1) is 18.4. The molecule has 2 aromatic carbocycles. The monoisotopic (exact) mass is 396 g/mol. The lowest BCUT2D eigenvalue weighted by molar-refractivity contribution is -0.118. The highest BCUT2D eigenvalue weighted by atomic mass is 35.5. The number of hydrogen-bond donors (Lipinski definition) is 2. The third kappa shape index (κ3) is 4.29. The van der Waals surface area contributed by atoms with E-state index in [9.17, 15) is 4.79 Å². The first-order valence-electron chi connectivity index (χ1n) is 9.04. The number of nitrogens with one attached hydrogen (secondary N) is 2. The van der Waals surface area contributed by atoms with Crippen molar-refractivity contribution in [3.63, 3.8) is 0 Å². The zero-order chi connectivity index (χ0) is 18.6. The van der Waals surface area contributed by atoms with Crippen LogP contribution in [0.15, 0.2) is 60.8 Å². The van der Waals surface area contributed by atoms with Gasteiger partial charge in [0.2, 0.25) is 0 Å². The van der Waals surface area contributed by atoms with E-state index in [0.717, 1.165) is 34.6 Å². The third-order valence-corrected chi connectivity index (χ3v) is 6.14. The van der Waals surface area contributed by atoms with Crippen molar-refractivity contribution >= 4 is 45.6 Å². The Hall–Kier alpha value is -2.01. The number of Topliss-reactive ketones (excluding diaryl/α,β-unsaturated/α-hetero) is 1. The van der Waals surface area contributed by atoms with Gasteiger partial charge in [-0.05, 0) is 41.3 Å². The molecule has 0 radical (unpaired) electrons. The van der Waals surface area contributed by atoms with Gasteiger partial charge in [-0.1, -0.05) is 48.0 Å². The van der Waals surface area contributed by atoms with Gasteiger partial charge in [0.1, 0.15) is 0 Å². The van der Waals surface area contributed by atoms with Crippen LogP contribution in [0, 0.1) is 0 Å². The molecule has 0 saturated carbocycles. The second kappa shape index (κ2) is 8.34. The molecule has 1 aliphatic rings. The van der Waals surface area contributed by atoms with Crippen molar-refractivity contribution < 1.29 is 4.79 Å². The van der Waals surface area contributed by atoms with Gasteiger partial charge in [0, 0.05) is 34.4 Å². The first-order valence-corrected chi connectivity index (χ1v) is 10.6. The second-order valence-electron chi connectivity index (χ2n) is 6.72. The van der Waals surface area contributed by atoms with E-state index in [1.165, 1.54) is 16.7 Å². The molecule has 0 saturated heterocycles. The van der Waals surface area contributed by atoms with Crippen LogP contribution in [0.25, 0.3) is 16.5 Å². The fraction of sp³-hybridized carbons (Fsp3) is 0.227. The minimum atomic E-state index is -0.102. The van der Waals surface area contributed by atoms with E-state index < -0.39 is 0 Å². The van der Waals surface area contributed by atoms with E-state index in [-0.39, 0.29) is 11.8 Å². The zero-order valence-corrected chi connectivity index (χ0v) is 16.4. The van der Waals surface area contributed by atoms with Crippen molar-refractivity contribution in [2.45, 2.75) is 18.2 Å². The molecule has 4 rings (SSSR count). The third-order valence-electron chi connectivity index (χ3n) is 4.90. The summed E-state index contributed by atoms with van der Waals surface area (Å²) in [4.78, 5) is 15.9. The number of H-pyrrole nitrogens is 1. The van der Waals surface area contributed by atoms with Gasteiger partial charge < -0.3 is 10.3 Å². The molecular weight excluding hydrogens is 376 g/mol. The Kier molecular flexibility index (Phi) is 5.67. The summed E-state index contributed by atoms with van der Waals surface area (Å²) in [6, 6.07) is 16.1. The quantitative estimate of drug-likeness (QED) is 0.611.